The number of para-hydroxylation sites is 1. The van der Waals surface area contributed by atoms with Crippen molar-refractivity contribution in [1.29, 1.82) is 0 Å². The molecule has 1 aliphatic heterocycles. The van der Waals surface area contributed by atoms with Gasteiger partial charge in [0.05, 0.1) is 17.7 Å². The van der Waals surface area contributed by atoms with E-state index in [0.717, 1.165) is 22.0 Å². The largest absolute Gasteiger partial charge is 0.461 e. The molecule has 3 heterocycles. The lowest BCUT2D eigenvalue weighted by atomic mass is 10.0. The summed E-state index contributed by atoms with van der Waals surface area (Å²) in [6.07, 6.45) is 1.61. The molecule has 1 atom stereocenters. The van der Waals surface area contributed by atoms with Gasteiger partial charge in [0, 0.05) is 31.2 Å². The fraction of sp³-hybridized carbons (Fsp3) is 0.226. The summed E-state index contributed by atoms with van der Waals surface area (Å²) < 4.78 is 7.55. The van der Waals surface area contributed by atoms with E-state index in [0.29, 0.717) is 41.9 Å². The van der Waals surface area contributed by atoms with E-state index < -0.39 is 0 Å². The van der Waals surface area contributed by atoms with E-state index in [1.807, 2.05) is 107 Å². The third-order valence-corrected chi connectivity index (χ3v) is 8.21. The van der Waals surface area contributed by atoms with Crippen molar-refractivity contribution in [3.8, 4) is 17.3 Å². The number of hydrogen-bond donors (Lipinski definition) is 0. The first kappa shape index (κ1) is 25.9. The van der Waals surface area contributed by atoms with Crippen molar-refractivity contribution in [3.63, 3.8) is 0 Å². The van der Waals surface area contributed by atoms with Crippen LogP contribution in [0.25, 0.3) is 28.0 Å². The van der Waals surface area contributed by atoms with Gasteiger partial charge in [0.15, 0.2) is 10.9 Å². The summed E-state index contributed by atoms with van der Waals surface area (Å²) in [7, 11) is 0. The molecule has 1 fully saturated rings. The van der Waals surface area contributed by atoms with Crippen LogP contribution in [0, 0.1) is 6.92 Å². The molecule has 0 bridgehead atoms. The molecule has 1 unspecified atom stereocenters. The van der Waals surface area contributed by atoms with Gasteiger partial charge in [-0.05, 0) is 60.5 Å². The zero-order valence-corrected chi connectivity index (χ0v) is 23.2. The van der Waals surface area contributed by atoms with E-state index in [1.165, 1.54) is 11.8 Å². The first-order chi connectivity index (χ1) is 19.5. The third kappa shape index (κ3) is 5.00. The van der Waals surface area contributed by atoms with Gasteiger partial charge in [-0.25, -0.2) is 0 Å². The molecule has 1 aliphatic rings. The average molecular weight is 552 g/mol. The highest BCUT2D eigenvalue weighted by Crippen LogP contribution is 2.30. The number of thioether (sulfide) groups is 1. The average Bonchev–Trinajstić information content (AvgIpc) is 3.66. The standard InChI is InChI=1S/C31H29N5O3S/c1-21-8-3-6-11-26(21)36-29(27-12-7-17-39-27)32-33-31(36)40-20-28(37)34-15-16-35(22(2)19-34)30(38)25-14-13-23-9-4-5-10-24(23)18-25/h3-14,17-18,22H,15-16,19-20H2,1-2H3. The van der Waals surface area contributed by atoms with Crippen LogP contribution in [-0.4, -0.2) is 67.8 Å². The van der Waals surface area contributed by atoms with E-state index in [2.05, 4.69) is 10.2 Å². The monoisotopic (exact) mass is 551 g/mol. The number of piperazine rings is 1. The lowest BCUT2D eigenvalue weighted by Gasteiger charge is -2.40. The van der Waals surface area contributed by atoms with E-state index in [4.69, 9.17) is 4.42 Å². The minimum Gasteiger partial charge on any atom is -0.461 e. The summed E-state index contributed by atoms with van der Waals surface area (Å²) in [4.78, 5) is 30.3. The molecule has 3 aromatic carbocycles. The molecule has 0 saturated carbocycles. The smallest absolute Gasteiger partial charge is 0.254 e. The predicted molar refractivity (Wildman–Crippen MR) is 156 cm³/mol. The van der Waals surface area contributed by atoms with Crippen LogP contribution in [0.4, 0.5) is 0 Å². The molecule has 6 rings (SSSR count). The van der Waals surface area contributed by atoms with Crippen molar-refractivity contribution in [2.24, 2.45) is 0 Å². The molecule has 2 aromatic heterocycles. The van der Waals surface area contributed by atoms with Crippen LogP contribution < -0.4 is 0 Å². The maximum absolute atomic E-state index is 13.3. The fourth-order valence-electron chi connectivity index (χ4n) is 5.15. The summed E-state index contributed by atoms with van der Waals surface area (Å²) in [6, 6.07) is 25.4. The number of fused-ring (bicyclic) bond motifs is 1. The zero-order chi connectivity index (χ0) is 27.6. The van der Waals surface area contributed by atoms with Gasteiger partial charge in [0.25, 0.3) is 5.91 Å². The minimum atomic E-state index is -0.0946. The maximum atomic E-state index is 13.3. The highest BCUT2D eigenvalue weighted by atomic mass is 32.2. The Labute approximate surface area is 236 Å². The quantitative estimate of drug-likeness (QED) is 0.261. The van der Waals surface area contributed by atoms with E-state index >= 15 is 0 Å². The van der Waals surface area contributed by atoms with Gasteiger partial charge in [-0.2, -0.15) is 0 Å². The highest BCUT2D eigenvalue weighted by molar-refractivity contribution is 7.99. The van der Waals surface area contributed by atoms with E-state index in [1.54, 1.807) is 6.26 Å². The molecule has 0 radical (unpaired) electrons. The predicted octanol–water partition coefficient (Wildman–Crippen LogP) is 5.45. The number of carbonyl (C=O) groups is 2. The second kappa shape index (κ2) is 11.0. The molecule has 8 nitrogen and oxygen atoms in total. The zero-order valence-electron chi connectivity index (χ0n) is 22.4. The molecular formula is C31H29N5O3S. The van der Waals surface area contributed by atoms with Gasteiger partial charge >= 0.3 is 0 Å². The van der Waals surface area contributed by atoms with Crippen molar-refractivity contribution in [3.05, 3.63) is 96.3 Å². The van der Waals surface area contributed by atoms with Gasteiger partial charge in [-0.1, -0.05) is 60.3 Å². The Kier molecular flexibility index (Phi) is 7.13. The SMILES string of the molecule is Cc1ccccc1-n1c(SCC(=O)N2CCN(C(=O)c3ccc4ccccc4c3)C(C)C2)nnc1-c1ccco1. The van der Waals surface area contributed by atoms with Crippen molar-refractivity contribution in [2.75, 3.05) is 25.4 Å². The Morgan fingerprint density at radius 3 is 2.52 bits per heavy atom. The molecule has 5 aromatic rings. The Morgan fingerprint density at radius 1 is 0.950 bits per heavy atom. The Hall–Kier alpha value is -4.37. The van der Waals surface area contributed by atoms with Crippen LogP contribution in [0.2, 0.25) is 0 Å². The van der Waals surface area contributed by atoms with Gasteiger partial charge in [0.1, 0.15) is 0 Å². The first-order valence-corrected chi connectivity index (χ1v) is 14.2. The number of rotatable bonds is 6. The van der Waals surface area contributed by atoms with Crippen molar-refractivity contribution in [2.45, 2.75) is 25.0 Å². The summed E-state index contributed by atoms with van der Waals surface area (Å²) >= 11 is 1.35. The molecule has 40 heavy (non-hydrogen) atoms. The highest BCUT2D eigenvalue weighted by Gasteiger charge is 2.31. The molecular weight excluding hydrogens is 522 g/mol. The van der Waals surface area contributed by atoms with Gasteiger partial charge in [0.2, 0.25) is 11.7 Å². The van der Waals surface area contributed by atoms with Gasteiger partial charge in [-0.3, -0.25) is 14.2 Å². The van der Waals surface area contributed by atoms with Crippen molar-refractivity contribution < 1.29 is 14.0 Å². The lowest BCUT2D eigenvalue weighted by Crippen LogP contribution is -2.55. The number of amides is 2. The summed E-state index contributed by atoms with van der Waals surface area (Å²) in [6.45, 7) is 5.49. The van der Waals surface area contributed by atoms with Crippen LogP contribution in [0.1, 0.15) is 22.8 Å². The Balaban J connectivity index is 1.14. The Morgan fingerprint density at radius 2 is 1.75 bits per heavy atom. The van der Waals surface area contributed by atoms with Crippen LogP contribution in [-0.2, 0) is 4.79 Å². The molecule has 0 spiro atoms. The molecule has 2 amide bonds. The lowest BCUT2D eigenvalue weighted by molar-refractivity contribution is -0.130. The first-order valence-electron chi connectivity index (χ1n) is 13.3. The number of nitrogens with zero attached hydrogens (tertiary/aromatic N) is 5. The second-order valence-corrected chi connectivity index (χ2v) is 10.9. The number of aryl methyl sites for hydroxylation is 1. The van der Waals surface area contributed by atoms with Crippen molar-refractivity contribution >= 4 is 34.3 Å². The molecule has 0 N–H and O–H groups in total. The summed E-state index contributed by atoms with van der Waals surface area (Å²) in [5, 5.41) is 11.6. The topological polar surface area (TPSA) is 84.5 Å². The molecule has 0 aliphatic carbocycles. The van der Waals surface area contributed by atoms with Crippen LogP contribution in [0.3, 0.4) is 0 Å². The van der Waals surface area contributed by atoms with Crippen molar-refractivity contribution in [1.82, 2.24) is 24.6 Å². The van der Waals surface area contributed by atoms with Crippen LogP contribution >= 0.6 is 11.8 Å². The third-order valence-electron chi connectivity index (χ3n) is 7.29. The maximum Gasteiger partial charge on any atom is 0.254 e. The van der Waals surface area contributed by atoms with Crippen LogP contribution in [0.5, 0.6) is 0 Å². The van der Waals surface area contributed by atoms with Gasteiger partial charge in [-0.15, -0.1) is 10.2 Å². The Bertz CT molecular complexity index is 1680. The molecule has 1 saturated heterocycles. The van der Waals surface area contributed by atoms with E-state index in [-0.39, 0.29) is 23.6 Å². The summed E-state index contributed by atoms with van der Waals surface area (Å²) in [5.41, 5.74) is 2.66. The number of benzene rings is 3. The number of furan rings is 1. The van der Waals surface area contributed by atoms with Crippen LogP contribution in [0.15, 0.2) is 94.7 Å². The minimum absolute atomic E-state index is 0.00323. The number of hydrogen-bond acceptors (Lipinski definition) is 6. The summed E-state index contributed by atoms with van der Waals surface area (Å²) in [5.74, 6) is 1.41. The molecule has 9 heteroatoms. The van der Waals surface area contributed by atoms with E-state index in [9.17, 15) is 9.59 Å². The number of aromatic nitrogens is 3. The second-order valence-electron chi connectivity index (χ2n) is 9.94. The molecule has 202 valence electrons. The normalized spacial score (nSPS) is 15.5. The number of carbonyl (C=O) groups excluding carboxylic acids is 2. The van der Waals surface area contributed by atoms with Gasteiger partial charge < -0.3 is 14.2 Å². The fourth-order valence-corrected chi connectivity index (χ4v) is 6.00.